The number of nitrogen functional groups attached to an aromatic ring is 1. The number of alkyl halides is 3. The first-order chi connectivity index (χ1) is 18.2. The van der Waals surface area contributed by atoms with Gasteiger partial charge in [-0.3, -0.25) is 9.20 Å². The summed E-state index contributed by atoms with van der Waals surface area (Å²) >= 11 is 0. The molecule has 2 heterocycles. The number of carboxylic acid groups (broad SMARTS) is 1. The van der Waals surface area contributed by atoms with Gasteiger partial charge in [-0.1, -0.05) is 43.3 Å². The zero-order valence-electron chi connectivity index (χ0n) is 21.8. The Morgan fingerprint density at radius 3 is 2.33 bits per heavy atom. The third-order valence-electron chi connectivity index (χ3n) is 8.12. The third-order valence-corrected chi connectivity index (χ3v) is 8.12. The molecule has 1 saturated carbocycles. The molecule has 204 valence electrons. The van der Waals surface area contributed by atoms with E-state index in [-0.39, 0.29) is 11.4 Å². The SMILES string of the molecule is CC(O)(c1ccc(-c2nc([C@@]3(C)CC[C@@](C)(C(=O)O)C3)n3ccnc(N)c23)cc1)c1cccc(C(F)(F)F)c1. The van der Waals surface area contributed by atoms with Crippen molar-refractivity contribution in [1.29, 1.82) is 0 Å². The molecule has 4 N–H and O–H groups in total. The van der Waals surface area contributed by atoms with Gasteiger partial charge < -0.3 is 15.9 Å². The fourth-order valence-electron chi connectivity index (χ4n) is 5.77. The number of rotatable bonds is 5. The van der Waals surface area contributed by atoms with Crippen LogP contribution in [0.2, 0.25) is 0 Å². The van der Waals surface area contributed by atoms with Gasteiger partial charge in [-0.25, -0.2) is 9.97 Å². The number of nitrogens with zero attached hydrogens (tertiary/aromatic N) is 3. The number of aliphatic hydroxyl groups is 1. The largest absolute Gasteiger partial charge is 0.481 e. The molecule has 0 aliphatic heterocycles. The van der Waals surface area contributed by atoms with E-state index in [1.165, 1.54) is 19.1 Å². The second kappa shape index (κ2) is 8.81. The van der Waals surface area contributed by atoms with E-state index in [2.05, 4.69) is 4.98 Å². The Morgan fingerprint density at radius 2 is 1.72 bits per heavy atom. The Labute approximate surface area is 223 Å². The smallest absolute Gasteiger partial charge is 0.416 e. The van der Waals surface area contributed by atoms with E-state index < -0.39 is 34.1 Å². The summed E-state index contributed by atoms with van der Waals surface area (Å²) in [6, 6.07) is 11.4. The minimum atomic E-state index is -4.53. The lowest BCUT2D eigenvalue weighted by atomic mass is 9.81. The number of aromatic nitrogens is 3. The van der Waals surface area contributed by atoms with Crippen molar-refractivity contribution in [3.8, 4) is 11.3 Å². The maximum atomic E-state index is 13.2. The van der Waals surface area contributed by atoms with Crippen LogP contribution in [-0.2, 0) is 22.0 Å². The van der Waals surface area contributed by atoms with Gasteiger partial charge in [-0.2, -0.15) is 13.2 Å². The van der Waals surface area contributed by atoms with Crippen molar-refractivity contribution in [1.82, 2.24) is 14.4 Å². The molecule has 1 aliphatic rings. The van der Waals surface area contributed by atoms with E-state index in [1.54, 1.807) is 43.6 Å². The van der Waals surface area contributed by atoms with Gasteiger partial charge in [0.1, 0.15) is 28.5 Å². The summed E-state index contributed by atoms with van der Waals surface area (Å²) in [5.74, 6) is 0.109. The summed E-state index contributed by atoms with van der Waals surface area (Å²) in [6.07, 6.45) is 0.363. The highest BCUT2D eigenvalue weighted by molar-refractivity contribution is 5.85. The number of nitrogens with two attached hydrogens (primary N) is 1. The van der Waals surface area contributed by atoms with Gasteiger partial charge in [0.25, 0.3) is 0 Å². The monoisotopic (exact) mass is 538 g/mol. The second-order valence-electron chi connectivity index (χ2n) is 11.1. The molecule has 0 bridgehead atoms. The number of fused-ring (bicyclic) bond motifs is 1. The molecule has 0 amide bonds. The van der Waals surface area contributed by atoms with Crippen molar-refractivity contribution in [2.24, 2.45) is 5.41 Å². The molecule has 0 saturated heterocycles. The molecule has 10 heteroatoms. The fourth-order valence-corrected chi connectivity index (χ4v) is 5.77. The number of hydrogen-bond donors (Lipinski definition) is 3. The van der Waals surface area contributed by atoms with E-state index in [9.17, 15) is 28.2 Å². The molecule has 4 aromatic rings. The Balaban J connectivity index is 1.56. The van der Waals surface area contributed by atoms with Crippen molar-refractivity contribution in [3.63, 3.8) is 0 Å². The number of aliphatic carboxylic acids is 1. The molecule has 39 heavy (non-hydrogen) atoms. The molecule has 5 rings (SSSR count). The molecule has 7 nitrogen and oxygen atoms in total. The van der Waals surface area contributed by atoms with Gasteiger partial charge in [0.15, 0.2) is 0 Å². The van der Waals surface area contributed by atoms with E-state index in [4.69, 9.17) is 10.7 Å². The van der Waals surface area contributed by atoms with E-state index in [0.29, 0.717) is 47.4 Å². The van der Waals surface area contributed by atoms with Gasteiger partial charge in [0.2, 0.25) is 0 Å². The van der Waals surface area contributed by atoms with E-state index >= 15 is 0 Å². The zero-order chi connectivity index (χ0) is 28.4. The Hall–Kier alpha value is -3.92. The van der Waals surface area contributed by atoms with Crippen LogP contribution in [0.15, 0.2) is 60.9 Å². The normalized spacial score (nSPS) is 23.2. The summed E-state index contributed by atoms with van der Waals surface area (Å²) in [4.78, 5) is 21.1. The van der Waals surface area contributed by atoms with Crippen LogP contribution in [0.4, 0.5) is 19.0 Å². The lowest BCUT2D eigenvalue weighted by Crippen LogP contribution is -2.29. The Kier molecular flexibility index (Phi) is 6.02. The lowest BCUT2D eigenvalue weighted by Gasteiger charge is -2.25. The molecule has 1 aliphatic carbocycles. The number of imidazole rings is 1. The van der Waals surface area contributed by atoms with Crippen molar-refractivity contribution in [2.45, 2.75) is 57.2 Å². The number of anilines is 1. The number of carboxylic acids is 1. The van der Waals surface area contributed by atoms with Crippen LogP contribution < -0.4 is 5.73 Å². The zero-order valence-corrected chi connectivity index (χ0v) is 21.8. The van der Waals surface area contributed by atoms with Crippen LogP contribution in [-0.4, -0.2) is 30.6 Å². The number of benzene rings is 2. The molecule has 3 atom stereocenters. The third kappa shape index (κ3) is 4.42. The van der Waals surface area contributed by atoms with Crippen LogP contribution >= 0.6 is 0 Å². The van der Waals surface area contributed by atoms with Crippen LogP contribution in [0, 0.1) is 5.41 Å². The fraction of sp³-hybridized carbons (Fsp3) is 0.345. The summed E-state index contributed by atoms with van der Waals surface area (Å²) in [5.41, 5.74) is 4.69. The van der Waals surface area contributed by atoms with E-state index in [0.717, 1.165) is 12.1 Å². The van der Waals surface area contributed by atoms with Crippen LogP contribution in [0.5, 0.6) is 0 Å². The minimum absolute atomic E-state index is 0.115. The molecule has 1 unspecified atom stereocenters. The van der Waals surface area contributed by atoms with Crippen LogP contribution in [0.3, 0.4) is 0 Å². The number of carbonyl (C=O) groups is 1. The van der Waals surface area contributed by atoms with E-state index in [1.807, 2.05) is 11.3 Å². The number of hydrogen-bond acceptors (Lipinski definition) is 5. The number of halogens is 3. The average Bonchev–Trinajstić information content (AvgIpc) is 3.44. The van der Waals surface area contributed by atoms with Crippen LogP contribution in [0.25, 0.3) is 16.8 Å². The second-order valence-corrected chi connectivity index (χ2v) is 11.1. The predicted octanol–water partition coefficient (Wildman–Crippen LogP) is 5.79. The maximum Gasteiger partial charge on any atom is 0.416 e. The average molecular weight is 539 g/mol. The van der Waals surface area contributed by atoms with Gasteiger partial charge in [-0.15, -0.1) is 0 Å². The minimum Gasteiger partial charge on any atom is -0.481 e. The Morgan fingerprint density at radius 1 is 1.05 bits per heavy atom. The molecular formula is C29H29F3N4O3. The highest BCUT2D eigenvalue weighted by atomic mass is 19.4. The van der Waals surface area contributed by atoms with Gasteiger partial charge in [0, 0.05) is 23.4 Å². The predicted molar refractivity (Wildman–Crippen MR) is 140 cm³/mol. The summed E-state index contributed by atoms with van der Waals surface area (Å²) in [6.45, 7) is 5.21. The molecule has 0 spiro atoms. The summed E-state index contributed by atoms with van der Waals surface area (Å²) in [7, 11) is 0. The Bertz CT molecular complexity index is 1580. The summed E-state index contributed by atoms with van der Waals surface area (Å²) < 4.78 is 41.6. The van der Waals surface area contributed by atoms with Crippen molar-refractivity contribution in [3.05, 3.63) is 83.4 Å². The molecule has 2 aromatic carbocycles. The van der Waals surface area contributed by atoms with Gasteiger partial charge in [-0.05, 0) is 56.4 Å². The first kappa shape index (κ1) is 26.7. The summed E-state index contributed by atoms with van der Waals surface area (Å²) in [5, 5.41) is 21.0. The lowest BCUT2D eigenvalue weighted by molar-refractivity contribution is -0.147. The highest BCUT2D eigenvalue weighted by Gasteiger charge is 2.50. The maximum absolute atomic E-state index is 13.2. The van der Waals surface area contributed by atoms with Crippen LogP contribution in [0.1, 0.15) is 62.5 Å². The van der Waals surface area contributed by atoms with Crippen molar-refractivity contribution < 1.29 is 28.2 Å². The topological polar surface area (TPSA) is 114 Å². The van der Waals surface area contributed by atoms with Crippen molar-refractivity contribution in [2.75, 3.05) is 5.73 Å². The van der Waals surface area contributed by atoms with Crippen molar-refractivity contribution >= 4 is 17.3 Å². The van der Waals surface area contributed by atoms with Gasteiger partial charge in [0.05, 0.1) is 11.0 Å². The standard InChI is InChI=1S/C29H29F3N4O3/c1-26(11-12-27(2,16-26)25(37)38)24-35-21(22-23(33)34-13-14-36(22)24)17-7-9-18(10-8-17)28(3,39)19-5-4-6-20(15-19)29(30,31)32/h4-10,13-15,39H,11-12,16H2,1-3H3,(H2,33,34)(H,37,38)/t26-,27+,28?/m0/s1. The first-order valence-corrected chi connectivity index (χ1v) is 12.5. The first-order valence-electron chi connectivity index (χ1n) is 12.5. The molecule has 0 radical (unpaired) electrons. The quantitative estimate of drug-likeness (QED) is 0.297. The highest BCUT2D eigenvalue weighted by Crippen LogP contribution is 2.51. The molecular weight excluding hydrogens is 509 g/mol. The molecule has 2 aromatic heterocycles. The van der Waals surface area contributed by atoms with Gasteiger partial charge >= 0.3 is 12.1 Å². The molecule has 1 fully saturated rings.